The SMILES string of the molecule is Cl.NCCN(CCc1ccccc1)C(=O)C1CCNC(=O)C1. The van der Waals surface area contributed by atoms with Gasteiger partial charge in [0.15, 0.2) is 0 Å². The lowest BCUT2D eigenvalue weighted by atomic mass is 9.95. The van der Waals surface area contributed by atoms with Crippen LogP contribution in [0.25, 0.3) is 0 Å². The molecule has 3 N–H and O–H groups in total. The van der Waals surface area contributed by atoms with Crippen molar-refractivity contribution in [3.05, 3.63) is 35.9 Å². The Labute approximate surface area is 137 Å². The fourth-order valence-electron chi connectivity index (χ4n) is 2.65. The lowest BCUT2D eigenvalue weighted by Crippen LogP contribution is -2.45. The van der Waals surface area contributed by atoms with Crippen LogP contribution < -0.4 is 11.1 Å². The smallest absolute Gasteiger partial charge is 0.226 e. The molecule has 1 aromatic carbocycles. The van der Waals surface area contributed by atoms with E-state index in [0.29, 0.717) is 32.6 Å². The summed E-state index contributed by atoms with van der Waals surface area (Å²) in [5.41, 5.74) is 6.82. The second kappa shape index (κ2) is 9.43. The highest BCUT2D eigenvalue weighted by Gasteiger charge is 2.28. The van der Waals surface area contributed by atoms with Gasteiger partial charge in [0.05, 0.1) is 0 Å². The van der Waals surface area contributed by atoms with Gasteiger partial charge < -0.3 is 16.0 Å². The molecule has 0 aliphatic carbocycles. The first-order valence-electron chi connectivity index (χ1n) is 7.50. The number of nitrogens with two attached hydrogens (primary N) is 1. The van der Waals surface area contributed by atoms with Gasteiger partial charge in [-0.05, 0) is 18.4 Å². The number of hydrogen-bond donors (Lipinski definition) is 2. The summed E-state index contributed by atoms with van der Waals surface area (Å²) in [5, 5.41) is 2.76. The van der Waals surface area contributed by atoms with E-state index >= 15 is 0 Å². The molecule has 1 aliphatic rings. The fraction of sp³-hybridized carbons (Fsp3) is 0.500. The molecule has 1 unspecified atom stereocenters. The number of nitrogens with zero attached hydrogens (tertiary/aromatic N) is 1. The summed E-state index contributed by atoms with van der Waals surface area (Å²) in [4.78, 5) is 25.8. The number of carbonyl (C=O) groups excluding carboxylic acids is 2. The van der Waals surface area contributed by atoms with Gasteiger partial charge in [0.2, 0.25) is 11.8 Å². The van der Waals surface area contributed by atoms with E-state index in [1.165, 1.54) is 5.56 Å². The molecule has 0 spiro atoms. The maximum atomic E-state index is 12.5. The molecule has 0 saturated carbocycles. The van der Waals surface area contributed by atoms with Crippen molar-refractivity contribution < 1.29 is 9.59 Å². The molecule has 1 aromatic rings. The molecule has 6 heteroatoms. The molecule has 0 radical (unpaired) electrons. The van der Waals surface area contributed by atoms with Gasteiger partial charge in [-0.15, -0.1) is 12.4 Å². The average Bonchev–Trinajstić information content (AvgIpc) is 2.52. The highest BCUT2D eigenvalue weighted by atomic mass is 35.5. The van der Waals surface area contributed by atoms with E-state index in [1.807, 2.05) is 18.2 Å². The van der Waals surface area contributed by atoms with E-state index in [4.69, 9.17) is 5.73 Å². The molecule has 1 heterocycles. The second-order valence-electron chi connectivity index (χ2n) is 5.39. The number of hydrogen-bond acceptors (Lipinski definition) is 3. The minimum Gasteiger partial charge on any atom is -0.356 e. The molecule has 1 aliphatic heterocycles. The molecule has 122 valence electrons. The predicted molar refractivity (Wildman–Crippen MR) is 88.8 cm³/mol. The predicted octanol–water partition coefficient (Wildman–Crippen LogP) is 0.964. The lowest BCUT2D eigenvalue weighted by molar-refractivity contribution is -0.140. The zero-order valence-electron chi connectivity index (χ0n) is 12.7. The largest absolute Gasteiger partial charge is 0.356 e. The van der Waals surface area contributed by atoms with Crippen LogP contribution in [0.15, 0.2) is 30.3 Å². The van der Waals surface area contributed by atoms with E-state index in [2.05, 4.69) is 17.4 Å². The highest BCUT2D eigenvalue weighted by Crippen LogP contribution is 2.16. The number of halogens is 1. The summed E-state index contributed by atoms with van der Waals surface area (Å²) >= 11 is 0. The third kappa shape index (κ3) is 5.31. The first kappa shape index (κ1) is 18.5. The Balaban J connectivity index is 0.00000242. The van der Waals surface area contributed by atoms with Crippen LogP contribution in [0, 0.1) is 5.92 Å². The Morgan fingerprint density at radius 2 is 2.00 bits per heavy atom. The quantitative estimate of drug-likeness (QED) is 0.818. The molecule has 0 aromatic heterocycles. The Morgan fingerprint density at radius 3 is 2.64 bits per heavy atom. The maximum absolute atomic E-state index is 12.5. The summed E-state index contributed by atoms with van der Waals surface area (Å²) in [7, 11) is 0. The van der Waals surface area contributed by atoms with Gasteiger partial charge in [-0.3, -0.25) is 9.59 Å². The van der Waals surface area contributed by atoms with Crippen LogP contribution in [0.5, 0.6) is 0 Å². The van der Waals surface area contributed by atoms with Gasteiger partial charge in [-0.2, -0.15) is 0 Å². The number of piperidine rings is 1. The zero-order chi connectivity index (χ0) is 15.1. The monoisotopic (exact) mass is 325 g/mol. The van der Waals surface area contributed by atoms with Gasteiger partial charge in [-0.1, -0.05) is 30.3 Å². The molecule has 2 rings (SSSR count). The van der Waals surface area contributed by atoms with Crippen LogP contribution in [-0.4, -0.2) is 42.9 Å². The zero-order valence-corrected chi connectivity index (χ0v) is 13.5. The number of amides is 2. The van der Waals surface area contributed by atoms with E-state index in [1.54, 1.807) is 4.90 Å². The van der Waals surface area contributed by atoms with Gasteiger partial charge in [-0.25, -0.2) is 0 Å². The van der Waals surface area contributed by atoms with Gasteiger partial charge in [0.25, 0.3) is 0 Å². The normalized spacial score (nSPS) is 17.3. The maximum Gasteiger partial charge on any atom is 0.226 e. The minimum atomic E-state index is -0.193. The summed E-state index contributed by atoms with van der Waals surface area (Å²) in [6.07, 6.45) is 1.83. The molecule has 22 heavy (non-hydrogen) atoms. The number of carbonyl (C=O) groups is 2. The Morgan fingerprint density at radius 1 is 1.27 bits per heavy atom. The molecule has 1 atom stereocenters. The van der Waals surface area contributed by atoms with Crippen molar-refractivity contribution in [2.75, 3.05) is 26.2 Å². The van der Waals surface area contributed by atoms with Crippen LogP contribution in [-0.2, 0) is 16.0 Å². The van der Waals surface area contributed by atoms with E-state index in [-0.39, 0.29) is 30.1 Å². The van der Waals surface area contributed by atoms with E-state index in [0.717, 1.165) is 12.8 Å². The highest BCUT2D eigenvalue weighted by molar-refractivity contribution is 5.87. The summed E-state index contributed by atoms with van der Waals surface area (Å²) < 4.78 is 0. The summed E-state index contributed by atoms with van der Waals surface area (Å²) in [6.45, 7) is 2.23. The van der Waals surface area contributed by atoms with Crippen LogP contribution in [0.3, 0.4) is 0 Å². The van der Waals surface area contributed by atoms with Crippen molar-refractivity contribution >= 4 is 24.2 Å². The first-order valence-corrected chi connectivity index (χ1v) is 7.50. The fourth-order valence-corrected chi connectivity index (χ4v) is 2.65. The number of benzene rings is 1. The Bertz CT molecular complexity index is 482. The van der Waals surface area contributed by atoms with Gasteiger partial charge >= 0.3 is 0 Å². The van der Waals surface area contributed by atoms with Crippen LogP contribution >= 0.6 is 12.4 Å². The summed E-state index contributed by atoms with van der Waals surface area (Å²) in [6, 6.07) is 10.1. The topological polar surface area (TPSA) is 75.4 Å². The van der Waals surface area contributed by atoms with Crippen LogP contribution in [0.2, 0.25) is 0 Å². The van der Waals surface area contributed by atoms with Crippen LogP contribution in [0.1, 0.15) is 18.4 Å². The molecule has 5 nitrogen and oxygen atoms in total. The van der Waals surface area contributed by atoms with Crippen molar-refractivity contribution in [2.24, 2.45) is 11.7 Å². The number of rotatable bonds is 6. The molecule has 1 saturated heterocycles. The van der Waals surface area contributed by atoms with Crippen molar-refractivity contribution in [1.29, 1.82) is 0 Å². The molecular formula is C16H24ClN3O2. The third-order valence-electron chi connectivity index (χ3n) is 3.82. The lowest BCUT2D eigenvalue weighted by Gasteiger charge is -2.29. The third-order valence-corrected chi connectivity index (χ3v) is 3.82. The van der Waals surface area contributed by atoms with Crippen molar-refractivity contribution in [3.8, 4) is 0 Å². The minimum absolute atomic E-state index is 0. The van der Waals surface area contributed by atoms with E-state index < -0.39 is 0 Å². The molecular weight excluding hydrogens is 302 g/mol. The Hall–Kier alpha value is -1.59. The first-order chi connectivity index (χ1) is 10.2. The Kier molecular flexibility index (Phi) is 7.91. The van der Waals surface area contributed by atoms with Crippen LogP contribution in [0.4, 0.5) is 0 Å². The van der Waals surface area contributed by atoms with Crippen molar-refractivity contribution in [2.45, 2.75) is 19.3 Å². The van der Waals surface area contributed by atoms with Crippen molar-refractivity contribution in [3.63, 3.8) is 0 Å². The second-order valence-corrected chi connectivity index (χ2v) is 5.39. The van der Waals surface area contributed by atoms with Crippen molar-refractivity contribution in [1.82, 2.24) is 10.2 Å². The molecule has 2 amide bonds. The molecule has 1 fully saturated rings. The average molecular weight is 326 g/mol. The van der Waals surface area contributed by atoms with Gasteiger partial charge in [0.1, 0.15) is 0 Å². The molecule has 0 bridgehead atoms. The number of nitrogens with one attached hydrogen (secondary N) is 1. The van der Waals surface area contributed by atoms with Gasteiger partial charge in [0, 0.05) is 38.5 Å². The van der Waals surface area contributed by atoms with E-state index in [9.17, 15) is 9.59 Å². The standard InChI is InChI=1S/C16H23N3O2.ClH/c17-8-11-19(10-7-13-4-2-1-3-5-13)16(21)14-6-9-18-15(20)12-14;/h1-5,14H,6-12,17H2,(H,18,20);1H. The summed E-state index contributed by atoms with van der Waals surface area (Å²) in [5.74, 6) is -0.164.